The average molecular weight is 304 g/mol. The maximum Gasteiger partial charge on any atom is 0.255 e. The Bertz CT molecular complexity index is 371. The first-order valence-corrected chi connectivity index (χ1v) is 6.98. The molecule has 1 aromatic carbocycles. The highest BCUT2D eigenvalue weighted by atomic mass is 79.9. The standard InChI is InChI=1S/C11H14BrNO2S/c1-15-10-7-8(12)3-4-9(10)11(14)13-5-6-16-2/h3-4,7H,5-6H2,1-2H3,(H,13,14). The summed E-state index contributed by atoms with van der Waals surface area (Å²) in [7, 11) is 1.56. The highest BCUT2D eigenvalue weighted by molar-refractivity contribution is 9.10. The summed E-state index contributed by atoms with van der Waals surface area (Å²) in [6.07, 6.45) is 2.01. The SMILES string of the molecule is COc1cc(Br)ccc1C(=O)NCCSC. The smallest absolute Gasteiger partial charge is 0.255 e. The van der Waals surface area contributed by atoms with Crippen LogP contribution in [0.25, 0.3) is 0 Å². The van der Waals surface area contributed by atoms with Crippen LogP contribution in [0.4, 0.5) is 0 Å². The van der Waals surface area contributed by atoms with Crippen LogP contribution in [0.2, 0.25) is 0 Å². The van der Waals surface area contributed by atoms with Crippen LogP contribution < -0.4 is 10.1 Å². The Hall–Kier alpha value is -0.680. The van der Waals surface area contributed by atoms with Crippen molar-refractivity contribution in [2.75, 3.05) is 25.7 Å². The molecule has 0 aliphatic heterocycles. The van der Waals surface area contributed by atoms with Crippen LogP contribution in [0.1, 0.15) is 10.4 Å². The number of hydrogen-bond acceptors (Lipinski definition) is 3. The van der Waals surface area contributed by atoms with Crippen molar-refractivity contribution >= 4 is 33.6 Å². The number of hydrogen-bond donors (Lipinski definition) is 1. The van der Waals surface area contributed by atoms with E-state index in [0.717, 1.165) is 10.2 Å². The Balaban J connectivity index is 2.74. The van der Waals surface area contributed by atoms with Gasteiger partial charge >= 0.3 is 0 Å². The fourth-order valence-electron chi connectivity index (χ4n) is 1.21. The lowest BCUT2D eigenvalue weighted by Gasteiger charge is -2.09. The number of ether oxygens (including phenoxy) is 1. The van der Waals surface area contributed by atoms with Gasteiger partial charge in [-0.25, -0.2) is 0 Å². The Kier molecular flexibility index (Phi) is 5.69. The van der Waals surface area contributed by atoms with Crippen LogP contribution in [0.3, 0.4) is 0 Å². The topological polar surface area (TPSA) is 38.3 Å². The van der Waals surface area contributed by atoms with E-state index in [4.69, 9.17) is 4.74 Å². The van der Waals surface area contributed by atoms with Crippen molar-refractivity contribution in [3.63, 3.8) is 0 Å². The van der Waals surface area contributed by atoms with E-state index in [1.165, 1.54) is 0 Å². The van der Waals surface area contributed by atoms with Gasteiger partial charge in [-0.05, 0) is 24.5 Å². The molecule has 88 valence electrons. The maximum atomic E-state index is 11.8. The third kappa shape index (κ3) is 3.72. The molecule has 16 heavy (non-hydrogen) atoms. The molecule has 1 aromatic rings. The lowest BCUT2D eigenvalue weighted by atomic mass is 10.2. The highest BCUT2D eigenvalue weighted by Gasteiger charge is 2.11. The summed E-state index contributed by atoms with van der Waals surface area (Å²) >= 11 is 5.03. The largest absolute Gasteiger partial charge is 0.496 e. The molecule has 0 bridgehead atoms. The molecular formula is C11H14BrNO2S. The normalized spacial score (nSPS) is 9.94. The van der Waals surface area contributed by atoms with Gasteiger partial charge in [0.05, 0.1) is 12.7 Å². The molecule has 0 heterocycles. The molecular weight excluding hydrogens is 290 g/mol. The van der Waals surface area contributed by atoms with Gasteiger partial charge in [0.25, 0.3) is 5.91 Å². The summed E-state index contributed by atoms with van der Waals surface area (Å²) in [4.78, 5) is 11.8. The zero-order valence-corrected chi connectivity index (χ0v) is 11.7. The number of benzene rings is 1. The van der Waals surface area contributed by atoms with E-state index in [9.17, 15) is 4.79 Å². The van der Waals surface area contributed by atoms with Gasteiger partial charge in [-0.2, -0.15) is 11.8 Å². The fraction of sp³-hybridized carbons (Fsp3) is 0.364. The number of carbonyl (C=O) groups excluding carboxylic acids is 1. The van der Waals surface area contributed by atoms with Gasteiger partial charge in [0, 0.05) is 16.8 Å². The molecule has 0 spiro atoms. The van der Waals surface area contributed by atoms with Crippen LogP contribution in [0.5, 0.6) is 5.75 Å². The van der Waals surface area contributed by atoms with Gasteiger partial charge in [0.1, 0.15) is 5.75 Å². The van der Waals surface area contributed by atoms with E-state index in [1.807, 2.05) is 12.3 Å². The predicted octanol–water partition coefficient (Wildman–Crippen LogP) is 2.55. The molecule has 1 amide bonds. The monoisotopic (exact) mass is 303 g/mol. The van der Waals surface area contributed by atoms with Crippen molar-refractivity contribution in [3.05, 3.63) is 28.2 Å². The van der Waals surface area contributed by atoms with Gasteiger partial charge in [-0.15, -0.1) is 0 Å². The molecule has 0 saturated heterocycles. The van der Waals surface area contributed by atoms with Crippen molar-refractivity contribution in [2.24, 2.45) is 0 Å². The van der Waals surface area contributed by atoms with Crippen LogP contribution >= 0.6 is 27.7 Å². The van der Waals surface area contributed by atoms with Crippen LogP contribution in [0, 0.1) is 0 Å². The number of amides is 1. The lowest BCUT2D eigenvalue weighted by molar-refractivity contribution is 0.0953. The van der Waals surface area contributed by atoms with Crippen molar-refractivity contribution < 1.29 is 9.53 Å². The number of halogens is 1. The quantitative estimate of drug-likeness (QED) is 0.850. The Morgan fingerprint density at radius 2 is 2.31 bits per heavy atom. The minimum atomic E-state index is -0.0987. The van der Waals surface area contributed by atoms with Gasteiger partial charge in [-0.1, -0.05) is 15.9 Å². The average Bonchev–Trinajstić information content (AvgIpc) is 2.29. The molecule has 0 fully saturated rings. The fourth-order valence-corrected chi connectivity index (χ4v) is 1.86. The highest BCUT2D eigenvalue weighted by Crippen LogP contribution is 2.23. The first-order valence-electron chi connectivity index (χ1n) is 4.79. The lowest BCUT2D eigenvalue weighted by Crippen LogP contribution is -2.26. The van der Waals surface area contributed by atoms with E-state index in [1.54, 1.807) is 31.0 Å². The van der Waals surface area contributed by atoms with E-state index in [2.05, 4.69) is 21.2 Å². The van der Waals surface area contributed by atoms with Crippen molar-refractivity contribution in [2.45, 2.75) is 0 Å². The molecule has 3 nitrogen and oxygen atoms in total. The third-order valence-corrected chi connectivity index (χ3v) is 3.11. The minimum absolute atomic E-state index is 0.0987. The Labute approximate surface area is 108 Å². The summed E-state index contributed by atoms with van der Waals surface area (Å²) < 4.78 is 6.05. The summed E-state index contributed by atoms with van der Waals surface area (Å²) in [5.41, 5.74) is 0.562. The summed E-state index contributed by atoms with van der Waals surface area (Å²) in [6, 6.07) is 5.35. The van der Waals surface area contributed by atoms with Gasteiger partial charge in [0.15, 0.2) is 0 Å². The number of methoxy groups -OCH3 is 1. The number of carbonyl (C=O) groups is 1. The molecule has 5 heteroatoms. The van der Waals surface area contributed by atoms with E-state index in [-0.39, 0.29) is 5.91 Å². The molecule has 0 atom stereocenters. The molecule has 0 aliphatic carbocycles. The Morgan fingerprint density at radius 1 is 1.56 bits per heavy atom. The van der Waals surface area contributed by atoms with Crippen molar-refractivity contribution in [3.8, 4) is 5.75 Å². The Morgan fingerprint density at radius 3 is 2.94 bits per heavy atom. The summed E-state index contributed by atoms with van der Waals surface area (Å²) in [5, 5.41) is 2.84. The van der Waals surface area contributed by atoms with E-state index < -0.39 is 0 Å². The zero-order chi connectivity index (χ0) is 12.0. The van der Waals surface area contributed by atoms with E-state index in [0.29, 0.717) is 17.9 Å². The van der Waals surface area contributed by atoms with Gasteiger partial charge in [0.2, 0.25) is 0 Å². The second-order valence-corrected chi connectivity index (χ2v) is 4.99. The van der Waals surface area contributed by atoms with Crippen molar-refractivity contribution in [1.29, 1.82) is 0 Å². The molecule has 0 saturated carbocycles. The maximum absolute atomic E-state index is 11.8. The predicted molar refractivity (Wildman–Crippen MR) is 71.4 cm³/mol. The third-order valence-electron chi connectivity index (χ3n) is 2.00. The van der Waals surface area contributed by atoms with Crippen LogP contribution in [-0.2, 0) is 0 Å². The van der Waals surface area contributed by atoms with E-state index >= 15 is 0 Å². The number of thioether (sulfide) groups is 1. The molecule has 0 radical (unpaired) electrons. The molecule has 0 aromatic heterocycles. The second-order valence-electron chi connectivity index (χ2n) is 3.09. The molecule has 0 aliphatic rings. The van der Waals surface area contributed by atoms with Gasteiger partial charge in [-0.3, -0.25) is 4.79 Å². The number of rotatable bonds is 5. The molecule has 0 unspecified atom stereocenters. The number of nitrogens with one attached hydrogen (secondary N) is 1. The summed E-state index contributed by atoms with van der Waals surface area (Å²) in [6.45, 7) is 0.666. The first kappa shape index (κ1) is 13.4. The van der Waals surface area contributed by atoms with Crippen molar-refractivity contribution in [1.82, 2.24) is 5.32 Å². The second kappa shape index (κ2) is 6.81. The van der Waals surface area contributed by atoms with Gasteiger partial charge < -0.3 is 10.1 Å². The summed E-state index contributed by atoms with van der Waals surface area (Å²) in [5.74, 6) is 1.39. The molecule has 1 rings (SSSR count). The minimum Gasteiger partial charge on any atom is -0.496 e. The molecule has 1 N–H and O–H groups in total. The van der Waals surface area contributed by atoms with Crippen LogP contribution in [0.15, 0.2) is 22.7 Å². The van der Waals surface area contributed by atoms with Crippen LogP contribution in [-0.4, -0.2) is 31.6 Å². The first-order chi connectivity index (χ1) is 7.69. The zero-order valence-electron chi connectivity index (χ0n) is 9.25.